The van der Waals surface area contributed by atoms with E-state index in [4.69, 9.17) is 34.7 Å². The zero-order valence-corrected chi connectivity index (χ0v) is 19.5. The Hall–Kier alpha value is -0.300. The SMILES string of the molecule is Cc1cc(N)cc(S(=O)(=O)[O-])c1Cl.Cc1cc(N)cc(S(=O)(=O)[O-])c1Cl.[Ca+2]. The molecule has 0 heterocycles. The molecule has 2 aromatic carbocycles. The van der Waals surface area contributed by atoms with E-state index in [1.165, 1.54) is 12.1 Å². The summed E-state index contributed by atoms with van der Waals surface area (Å²) in [6.45, 7) is 3.15. The summed E-state index contributed by atoms with van der Waals surface area (Å²) in [5.41, 5.74) is 12.1. The molecular weight excluding hydrogens is 467 g/mol. The van der Waals surface area contributed by atoms with Gasteiger partial charge in [-0.1, -0.05) is 23.2 Å². The maximum atomic E-state index is 10.7. The molecule has 0 aliphatic heterocycles. The molecule has 0 saturated carbocycles. The van der Waals surface area contributed by atoms with Gasteiger partial charge in [-0.25, -0.2) is 16.8 Å². The van der Waals surface area contributed by atoms with Crippen LogP contribution in [-0.2, 0) is 20.2 Å². The van der Waals surface area contributed by atoms with Gasteiger partial charge in [0.1, 0.15) is 20.2 Å². The molecule has 0 spiro atoms. The van der Waals surface area contributed by atoms with Crippen LogP contribution in [0.2, 0.25) is 10.0 Å². The summed E-state index contributed by atoms with van der Waals surface area (Å²) in [6.07, 6.45) is 0. The molecule has 2 rings (SSSR count). The Morgan fingerprint density at radius 1 is 0.741 bits per heavy atom. The summed E-state index contributed by atoms with van der Waals surface area (Å²) in [5, 5.41) is -0.131. The normalized spacial score (nSPS) is 11.2. The zero-order valence-electron chi connectivity index (χ0n) is 14.2. The molecule has 4 N–H and O–H groups in total. The van der Waals surface area contributed by atoms with E-state index in [2.05, 4.69) is 0 Å². The first kappa shape index (κ1) is 26.7. The van der Waals surface area contributed by atoms with Gasteiger partial charge in [0.2, 0.25) is 0 Å². The number of benzene rings is 2. The van der Waals surface area contributed by atoms with E-state index in [1.807, 2.05) is 0 Å². The Balaban J connectivity index is 0.000000483. The third kappa shape index (κ3) is 7.56. The molecular formula is C14H14CaCl2N2O6S2. The van der Waals surface area contributed by atoms with Crippen LogP contribution in [0, 0.1) is 13.8 Å². The monoisotopic (exact) mass is 480 g/mol. The fourth-order valence-electron chi connectivity index (χ4n) is 1.89. The predicted octanol–water partition coefficient (Wildman–Crippen LogP) is 1.89. The van der Waals surface area contributed by atoms with E-state index in [-0.39, 0.29) is 59.2 Å². The van der Waals surface area contributed by atoms with Gasteiger partial charge in [0, 0.05) is 11.4 Å². The van der Waals surface area contributed by atoms with Gasteiger partial charge in [-0.2, -0.15) is 0 Å². The number of halogens is 2. The number of hydrogen-bond donors (Lipinski definition) is 2. The van der Waals surface area contributed by atoms with Crippen LogP contribution in [0.4, 0.5) is 11.4 Å². The van der Waals surface area contributed by atoms with Crippen molar-refractivity contribution < 1.29 is 25.9 Å². The Morgan fingerprint density at radius 3 is 1.22 bits per heavy atom. The molecule has 0 amide bonds. The van der Waals surface area contributed by atoms with Gasteiger partial charge in [-0.05, 0) is 49.2 Å². The van der Waals surface area contributed by atoms with E-state index in [9.17, 15) is 25.9 Å². The van der Waals surface area contributed by atoms with Crippen molar-refractivity contribution in [3.8, 4) is 0 Å². The van der Waals surface area contributed by atoms with Crippen molar-refractivity contribution in [2.24, 2.45) is 0 Å². The van der Waals surface area contributed by atoms with Crippen molar-refractivity contribution in [3.05, 3.63) is 45.4 Å². The smallest absolute Gasteiger partial charge is 0.744 e. The van der Waals surface area contributed by atoms with Gasteiger partial charge in [0.25, 0.3) is 0 Å². The van der Waals surface area contributed by atoms with Gasteiger partial charge in [-0.15, -0.1) is 0 Å². The first-order valence-electron chi connectivity index (χ1n) is 6.67. The Bertz CT molecular complexity index is 974. The first-order valence-corrected chi connectivity index (χ1v) is 10.2. The van der Waals surface area contributed by atoms with Crippen molar-refractivity contribution in [2.45, 2.75) is 23.6 Å². The number of aryl methyl sites for hydroxylation is 2. The second-order valence-electron chi connectivity index (χ2n) is 5.21. The minimum Gasteiger partial charge on any atom is -0.744 e. The van der Waals surface area contributed by atoms with E-state index in [0.29, 0.717) is 11.1 Å². The quantitative estimate of drug-likeness (QED) is 0.373. The van der Waals surface area contributed by atoms with E-state index >= 15 is 0 Å². The van der Waals surface area contributed by atoms with Crippen LogP contribution in [0.15, 0.2) is 34.1 Å². The van der Waals surface area contributed by atoms with Crippen LogP contribution in [0.5, 0.6) is 0 Å². The summed E-state index contributed by atoms with van der Waals surface area (Å²) in [6, 6.07) is 5.10. The van der Waals surface area contributed by atoms with Crippen LogP contribution >= 0.6 is 23.2 Å². The van der Waals surface area contributed by atoms with Gasteiger partial charge < -0.3 is 20.6 Å². The standard InChI is InChI=1S/2C7H8ClNO3S.Ca/c2*1-4-2-5(9)3-6(7(4)8)13(10,11)12;/h2*2-3H,9H2,1H3,(H,10,11,12);/q;;+2/p-2. The van der Waals surface area contributed by atoms with Crippen LogP contribution in [0.3, 0.4) is 0 Å². The maximum absolute atomic E-state index is 10.7. The number of anilines is 2. The van der Waals surface area contributed by atoms with Crippen molar-refractivity contribution in [1.29, 1.82) is 0 Å². The third-order valence-electron chi connectivity index (χ3n) is 3.03. The molecule has 144 valence electrons. The number of rotatable bonds is 2. The minimum atomic E-state index is -4.54. The van der Waals surface area contributed by atoms with Gasteiger partial charge in [0.05, 0.1) is 19.8 Å². The van der Waals surface area contributed by atoms with E-state index in [0.717, 1.165) is 12.1 Å². The molecule has 0 atom stereocenters. The first-order chi connectivity index (χ1) is 11.6. The molecule has 0 saturated heterocycles. The Morgan fingerprint density at radius 2 is 1.00 bits per heavy atom. The Labute approximate surface area is 197 Å². The number of nitrogens with two attached hydrogens (primary N) is 2. The molecule has 8 nitrogen and oxygen atoms in total. The number of nitrogen functional groups attached to an aromatic ring is 2. The van der Waals surface area contributed by atoms with Crippen molar-refractivity contribution in [1.82, 2.24) is 0 Å². The molecule has 0 bridgehead atoms. The molecule has 0 fully saturated rings. The molecule has 0 aromatic heterocycles. The van der Waals surface area contributed by atoms with Crippen LogP contribution in [0.25, 0.3) is 0 Å². The minimum absolute atomic E-state index is 0. The Kier molecular flexibility index (Phi) is 9.84. The maximum Gasteiger partial charge on any atom is 2.00 e. The summed E-state index contributed by atoms with van der Waals surface area (Å²) < 4.78 is 64.0. The van der Waals surface area contributed by atoms with Crippen LogP contribution in [-0.4, -0.2) is 63.7 Å². The van der Waals surface area contributed by atoms with Gasteiger partial charge in [0.15, 0.2) is 0 Å². The molecule has 13 heteroatoms. The van der Waals surface area contributed by atoms with E-state index < -0.39 is 30.0 Å². The molecule has 0 aliphatic carbocycles. The van der Waals surface area contributed by atoms with Crippen LogP contribution in [0.1, 0.15) is 11.1 Å². The average Bonchev–Trinajstić information content (AvgIpc) is 2.45. The topological polar surface area (TPSA) is 166 Å². The van der Waals surface area contributed by atoms with Crippen molar-refractivity contribution >= 4 is 92.6 Å². The fourth-order valence-corrected chi connectivity index (χ4v) is 4.00. The van der Waals surface area contributed by atoms with Crippen molar-refractivity contribution in [3.63, 3.8) is 0 Å². The van der Waals surface area contributed by atoms with E-state index in [1.54, 1.807) is 13.8 Å². The van der Waals surface area contributed by atoms with Crippen LogP contribution < -0.4 is 11.5 Å². The summed E-state index contributed by atoms with van der Waals surface area (Å²) in [7, 11) is -9.08. The fraction of sp³-hybridized carbons (Fsp3) is 0.143. The second kappa shape index (κ2) is 9.95. The molecule has 0 radical (unpaired) electrons. The largest absolute Gasteiger partial charge is 2.00 e. The molecule has 0 unspecified atom stereocenters. The molecule has 2 aromatic rings. The summed E-state index contributed by atoms with van der Waals surface area (Å²) >= 11 is 11.2. The van der Waals surface area contributed by atoms with Gasteiger partial charge in [-0.3, -0.25) is 0 Å². The molecule has 0 aliphatic rings. The third-order valence-corrected chi connectivity index (χ3v) is 5.97. The van der Waals surface area contributed by atoms with Gasteiger partial charge >= 0.3 is 37.7 Å². The predicted molar refractivity (Wildman–Crippen MR) is 103 cm³/mol. The molecule has 27 heavy (non-hydrogen) atoms. The number of hydrogen-bond acceptors (Lipinski definition) is 8. The van der Waals surface area contributed by atoms with Crippen molar-refractivity contribution in [2.75, 3.05) is 11.5 Å². The summed E-state index contributed by atoms with van der Waals surface area (Å²) in [4.78, 5) is -0.932. The zero-order chi connectivity index (χ0) is 20.4. The summed E-state index contributed by atoms with van der Waals surface area (Å²) in [5.74, 6) is 0. The average molecular weight is 481 g/mol. The second-order valence-corrected chi connectivity index (χ2v) is 8.66.